The largest absolute Gasteiger partial charge is 0.452 e. The Balaban J connectivity index is 1.29. The maximum absolute atomic E-state index is 13.1. The van der Waals surface area contributed by atoms with Crippen molar-refractivity contribution < 1.29 is 14.3 Å². The molecule has 2 heterocycles. The molecular formula is C26H18N2O3S. The van der Waals surface area contributed by atoms with Crippen LogP contribution in [0.2, 0.25) is 0 Å². The Morgan fingerprint density at radius 1 is 0.844 bits per heavy atom. The summed E-state index contributed by atoms with van der Waals surface area (Å²) >= 11 is 1.61. The molecular weight excluding hydrogens is 420 g/mol. The number of aromatic nitrogens is 1. The van der Waals surface area contributed by atoms with Gasteiger partial charge in [-0.2, -0.15) is 0 Å². The molecule has 0 unspecified atom stereocenters. The number of hydrogen-bond donors (Lipinski definition) is 0. The predicted molar refractivity (Wildman–Crippen MR) is 126 cm³/mol. The van der Waals surface area contributed by atoms with Gasteiger partial charge in [-0.15, -0.1) is 0 Å². The van der Waals surface area contributed by atoms with Gasteiger partial charge in [-0.3, -0.25) is 9.69 Å². The molecule has 0 bridgehead atoms. The molecule has 0 saturated heterocycles. The maximum Gasteiger partial charge on any atom is 0.331 e. The van der Waals surface area contributed by atoms with Gasteiger partial charge in [0, 0.05) is 21.3 Å². The minimum atomic E-state index is -0.596. The van der Waals surface area contributed by atoms with Crippen LogP contribution in [0, 0.1) is 0 Å². The van der Waals surface area contributed by atoms with Crippen molar-refractivity contribution in [1.82, 2.24) is 4.98 Å². The van der Waals surface area contributed by atoms with E-state index in [9.17, 15) is 9.59 Å². The first kappa shape index (κ1) is 20.0. The Hall–Kier alpha value is -3.90. The van der Waals surface area contributed by atoms with Gasteiger partial charge >= 0.3 is 5.97 Å². The number of nitrogens with zero attached hydrogens (tertiary/aromatic N) is 2. The summed E-state index contributed by atoms with van der Waals surface area (Å²) in [4.78, 5) is 33.4. The fraction of sp³-hybridized carbons (Fsp3) is 0.0385. The van der Waals surface area contributed by atoms with Crippen LogP contribution in [0.4, 0.5) is 11.4 Å². The molecule has 0 spiro atoms. The highest BCUT2D eigenvalue weighted by Crippen LogP contribution is 2.47. The summed E-state index contributed by atoms with van der Waals surface area (Å²) < 4.78 is 5.24. The zero-order chi connectivity index (χ0) is 21.9. The quantitative estimate of drug-likeness (QED) is 0.306. The van der Waals surface area contributed by atoms with E-state index in [4.69, 9.17) is 4.74 Å². The van der Waals surface area contributed by atoms with Crippen molar-refractivity contribution >= 4 is 52.0 Å². The van der Waals surface area contributed by atoms with Gasteiger partial charge in [0.25, 0.3) is 5.91 Å². The number of esters is 1. The fourth-order valence-electron chi connectivity index (χ4n) is 3.55. The van der Waals surface area contributed by atoms with Gasteiger partial charge in [0.1, 0.15) is 0 Å². The van der Waals surface area contributed by atoms with E-state index in [1.165, 1.54) is 6.08 Å². The number of para-hydroxylation sites is 3. The van der Waals surface area contributed by atoms with Crippen LogP contribution in [0.25, 0.3) is 17.0 Å². The lowest BCUT2D eigenvalue weighted by molar-refractivity contribution is -0.142. The molecule has 0 fully saturated rings. The molecule has 6 heteroatoms. The number of carbonyl (C=O) groups is 2. The number of ether oxygens (including phenoxy) is 1. The smallest absolute Gasteiger partial charge is 0.331 e. The Morgan fingerprint density at radius 3 is 2.25 bits per heavy atom. The van der Waals surface area contributed by atoms with Crippen molar-refractivity contribution in [2.45, 2.75) is 9.79 Å². The summed E-state index contributed by atoms with van der Waals surface area (Å²) in [6, 6.07) is 26.9. The highest BCUT2D eigenvalue weighted by atomic mass is 32.2. The fourth-order valence-corrected chi connectivity index (χ4v) is 4.60. The van der Waals surface area contributed by atoms with E-state index in [-0.39, 0.29) is 12.5 Å². The lowest BCUT2D eigenvalue weighted by Gasteiger charge is -2.30. The lowest BCUT2D eigenvalue weighted by Crippen LogP contribution is -2.32. The van der Waals surface area contributed by atoms with Crippen LogP contribution < -0.4 is 4.90 Å². The van der Waals surface area contributed by atoms with Gasteiger partial charge in [-0.25, -0.2) is 9.78 Å². The van der Waals surface area contributed by atoms with Gasteiger partial charge < -0.3 is 4.74 Å². The monoisotopic (exact) mass is 438 g/mol. The van der Waals surface area contributed by atoms with Crippen LogP contribution in [0.1, 0.15) is 5.69 Å². The molecule has 4 aromatic rings. The van der Waals surface area contributed by atoms with Crippen LogP contribution in [0.3, 0.4) is 0 Å². The first-order valence-corrected chi connectivity index (χ1v) is 10.9. The Morgan fingerprint density at radius 2 is 1.50 bits per heavy atom. The number of benzene rings is 3. The number of pyridine rings is 1. The molecule has 5 rings (SSSR count). The second-order valence-electron chi connectivity index (χ2n) is 7.14. The average molecular weight is 439 g/mol. The summed E-state index contributed by atoms with van der Waals surface area (Å²) in [6.07, 6.45) is 2.87. The van der Waals surface area contributed by atoms with Crippen molar-refractivity contribution in [1.29, 1.82) is 0 Å². The maximum atomic E-state index is 13.1. The third-order valence-corrected chi connectivity index (χ3v) is 6.16. The van der Waals surface area contributed by atoms with Gasteiger partial charge in [0.15, 0.2) is 6.61 Å². The third-order valence-electron chi connectivity index (χ3n) is 5.03. The summed E-state index contributed by atoms with van der Waals surface area (Å²) in [5, 5.41) is 1.03. The molecule has 0 N–H and O–H groups in total. The number of fused-ring (bicyclic) bond motifs is 3. The van der Waals surface area contributed by atoms with E-state index in [2.05, 4.69) is 4.98 Å². The first-order valence-electron chi connectivity index (χ1n) is 10.1. The molecule has 3 aromatic carbocycles. The zero-order valence-electron chi connectivity index (χ0n) is 17.0. The van der Waals surface area contributed by atoms with Crippen molar-refractivity contribution in [2.75, 3.05) is 11.5 Å². The van der Waals surface area contributed by atoms with Crippen LogP contribution in [-0.2, 0) is 14.3 Å². The Labute approximate surface area is 189 Å². The van der Waals surface area contributed by atoms with Crippen LogP contribution in [0.5, 0.6) is 0 Å². The van der Waals surface area contributed by atoms with Gasteiger partial charge in [-0.1, -0.05) is 60.3 Å². The number of rotatable bonds is 4. The molecule has 1 amide bonds. The van der Waals surface area contributed by atoms with E-state index < -0.39 is 5.97 Å². The SMILES string of the molecule is O=C(/C=C/c1ccc2ccccc2n1)OCC(=O)N1c2ccccc2Sc2ccccc21. The van der Waals surface area contributed by atoms with Gasteiger partial charge in [-0.05, 0) is 42.5 Å². The number of anilines is 2. The third kappa shape index (κ3) is 4.00. The second-order valence-corrected chi connectivity index (χ2v) is 8.22. The summed E-state index contributed by atoms with van der Waals surface area (Å²) in [5.41, 5.74) is 3.06. The zero-order valence-corrected chi connectivity index (χ0v) is 17.8. The standard InChI is InChI=1S/C26H18N2O3S/c29-25(28-21-9-3-5-11-23(21)32-24-12-6-4-10-22(24)28)17-31-26(30)16-15-19-14-13-18-7-1-2-8-20(18)27-19/h1-16H,17H2/b16-15+. The highest BCUT2D eigenvalue weighted by molar-refractivity contribution is 7.99. The van der Waals surface area contributed by atoms with E-state index >= 15 is 0 Å². The van der Waals surface area contributed by atoms with E-state index in [0.29, 0.717) is 5.69 Å². The van der Waals surface area contributed by atoms with Crippen molar-refractivity contribution in [3.63, 3.8) is 0 Å². The van der Waals surface area contributed by atoms with Crippen molar-refractivity contribution in [3.8, 4) is 0 Å². The normalized spacial score (nSPS) is 12.4. The molecule has 0 radical (unpaired) electrons. The van der Waals surface area contributed by atoms with E-state index in [0.717, 1.165) is 32.1 Å². The predicted octanol–water partition coefficient (Wildman–Crippen LogP) is 5.62. The lowest BCUT2D eigenvalue weighted by atomic mass is 10.2. The number of amides is 1. The molecule has 32 heavy (non-hydrogen) atoms. The minimum absolute atomic E-state index is 0.309. The molecule has 0 aliphatic carbocycles. The molecule has 1 aliphatic rings. The molecule has 0 atom stereocenters. The number of hydrogen-bond acceptors (Lipinski definition) is 5. The Bertz CT molecular complexity index is 1320. The molecule has 1 aliphatic heterocycles. The highest BCUT2D eigenvalue weighted by Gasteiger charge is 2.28. The topological polar surface area (TPSA) is 59.5 Å². The van der Waals surface area contributed by atoms with Gasteiger partial charge in [0.2, 0.25) is 0 Å². The molecule has 1 aromatic heterocycles. The van der Waals surface area contributed by atoms with Crippen molar-refractivity contribution in [3.05, 3.63) is 96.7 Å². The first-order chi connectivity index (χ1) is 15.7. The molecule has 0 saturated carbocycles. The Kier molecular flexibility index (Phi) is 5.44. The van der Waals surface area contributed by atoms with Gasteiger partial charge in [0.05, 0.1) is 22.6 Å². The molecule has 5 nitrogen and oxygen atoms in total. The van der Waals surface area contributed by atoms with Crippen LogP contribution in [-0.4, -0.2) is 23.5 Å². The summed E-state index contributed by atoms with van der Waals surface area (Å²) in [5.74, 6) is -0.906. The van der Waals surface area contributed by atoms with Crippen LogP contribution >= 0.6 is 11.8 Å². The second kappa shape index (κ2) is 8.69. The van der Waals surface area contributed by atoms with E-state index in [1.807, 2.05) is 84.9 Å². The van der Waals surface area contributed by atoms with Crippen molar-refractivity contribution in [2.24, 2.45) is 0 Å². The summed E-state index contributed by atoms with van der Waals surface area (Å²) in [6.45, 7) is -0.359. The average Bonchev–Trinajstić information content (AvgIpc) is 2.84. The minimum Gasteiger partial charge on any atom is -0.452 e. The summed E-state index contributed by atoms with van der Waals surface area (Å²) in [7, 11) is 0. The number of carbonyl (C=O) groups excluding carboxylic acids is 2. The molecule has 156 valence electrons. The van der Waals surface area contributed by atoms with Crippen LogP contribution in [0.15, 0.2) is 101 Å². The van der Waals surface area contributed by atoms with E-state index in [1.54, 1.807) is 22.7 Å².